The zero-order valence-corrected chi connectivity index (χ0v) is 17.0. The van der Waals surface area contributed by atoms with Gasteiger partial charge >= 0.3 is 0 Å². The summed E-state index contributed by atoms with van der Waals surface area (Å²) in [6, 6.07) is 17.7. The van der Waals surface area contributed by atoms with Crippen molar-refractivity contribution in [3.05, 3.63) is 83.9 Å². The molecular formula is C23H27N5O. The number of H-pyrrole nitrogens is 1. The van der Waals surface area contributed by atoms with Crippen LogP contribution in [0.15, 0.2) is 67.0 Å². The molecule has 0 spiro atoms. The number of amides is 1. The van der Waals surface area contributed by atoms with E-state index < -0.39 is 0 Å². The molecule has 4 rings (SSSR count). The van der Waals surface area contributed by atoms with Crippen LogP contribution in [-0.4, -0.2) is 65.9 Å². The summed E-state index contributed by atoms with van der Waals surface area (Å²) in [5.74, 6) is 0.723. The highest BCUT2D eigenvalue weighted by Crippen LogP contribution is 2.27. The monoisotopic (exact) mass is 389 g/mol. The molecule has 6 nitrogen and oxygen atoms in total. The normalized spacial score (nSPS) is 15.9. The van der Waals surface area contributed by atoms with Crippen molar-refractivity contribution in [3.63, 3.8) is 0 Å². The largest absolute Gasteiger partial charge is 0.369 e. The number of carbonyl (C=O) groups is 1. The van der Waals surface area contributed by atoms with E-state index in [1.54, 1.807) is 17.3 Å². The number of nitrogens with one attached hydrogen (secondary N) is 1. The van der Waals surface area contributed by atoms with Gasteiger partial charge in [-0.15, -0.1) is 0 Å². The molecule has 0 bridgehead atoms. The van der Waals surface area contributed by atoms with Crippen molar-refractivity contribution < 1.29 is 4.79 Å². The van der Waals surface area contributed by atoms with Crippen molar-refractivity contribution in [1.82, 2.24) is 19.8 Å². The number of carbonyl (C=O) groups excluding carboxylic acids is 1. The summed E-state index contributed by atoms with van der Waals surface area (Å²) in [7, 11) is 3.98. The molecule has 1 amide bonds. The number of aromatic amines is 1. The second-order valence-corrected chi connectivity index (χ2v) is 7.54. The maximum Gasteiger partial charge on any atom is 0.254 e. The van der Waals surface area contributed by atoms with E-state index in [4.69, 9.17) is 0 Å². The molecule has 0 radical (unpaired) electrons. The van der Waals surface area contributed by atoms with Gasteiger partial charge in [0.05, 0.1) is 0 Å². The number of rotatable bonds is 5. The molecule has 2 heterocycles. The number of anilines is 1. The van der Waals surface area contributed by atoms with Gasteiger partial charge in [-0.1, -0.05) is 30.3 Å². The summed E-state index contributed by atoms with van der Waals surface area (Å²) in [6.45, 7) is 4.15. The van der Waals surface area contributed by atoms with Crippen molar-refractivity contribution in [3.8, 4) is 0 Å². The Morgan fingerprint density at radius 2 is 1.72 bits per heavy atom. The molecular weight excluding hydrogens is 362 g/mol. The Labute approximate surface area is 171 Å². The number of hydrogen-bond donors (Lipinski definition) is 1. The second-order valence-electron chi connectivity index (χ2n) is 7.54. The van der Waals surface area contributed by atoms with Crippen molar-refractivity contribution in [2.45, 2.75) is 6.04 Å². The third-order valence-electron chi connectivity index (χ3n) is 5.58. The molecule has 29 heavy (non-hydrogen) atoms. The lowest BCUT2D eigenvalue weighted by Gasteiger charge is -2.34. The predicted octanol–water partition coefficient (Wildman–Crippen LogP) is 3.02. The van der Waals surface area contributed by atoms with E-state index in [0.29, 0.717) is 5.56 Å². The lowest BCUT2D eigenvalue weighted by atomic mass is 10.0. The molecule has 150 valence electrons. The van der Waals surface area contributed by atoms with Crippen LogP contribution in [-0.2, 0) is 0 Å². The quantitative estimate of drug-likeness (QED) is 0.729. The number of hydrogen-bond acceptors (Lipinski definition) is 4. The Bertz CT molecular complexity index is 916. The van der Waals surface area contributed by atoms with Gasteiger partial charge in [-0.05, 0) is 36.9 Å². The average molecular weight is 390 g/mol. The van der Waals surface area contributed by atoms with Gasteiger partial charge in [0, 0.05) is 56.9 Å². The summed E-state index contributed by atoms with van der Waals surface area (Å²) < 4.78 is 0. The van der Waals surface area contributed by atoms with Gasteiger partial charge in [0.25, 0.3) is 5.91 Å². The van der Waals surface area contributed by atoms with Gasteiger partial charge in [-0.25, -0.2) is 4.98 Å². The second kappa shape index (κ2) is 8.49. The minimum Gasteiger partial charge on any atom is -0.369 e. The Morgan fingerprint density at radius 3 is 2.34 bits per heavy atom. The molecule has 1 aliphatic heterocycles. The molecule has 1 saturated heterocycles. The van der Waals surface area contributed by atoms with Crippen molar-refractivity contribution in [1.29, 1.82) is 0 Å². The van der Waals surface area contributed by atoms with Gasteiger partial charge in [-0.2, -0.15) is 0 Å². The molecule has 6 heteroatoms. The minimum absolute atomic E-state index is 0.0276. The number of imidazole rings is 1. The molecule has 1 atom stereocenters. The summed E-state index contributed by atoms with van der Waals surface area (Å²) in [4.78, 5) is 27.3. The molecule has 3 aromatic rings. The third-order valence-corrected chi connectivity index (χ3v) is 5.58. The van der Waals surface area contributed by atoms with Crippen molar-refractivity contribution in [2.24, 2.45) is 0 Å². The first-order valence-electron chi connectivity index (χ1n) is 9.98. The SMILES string of the molecule is CN1CCN(c2ccc(C(=O)N(C)C(c3ccccc3)c3ncc[nH]3)cc2)CC1. The van der Waals surface area contributed by atoms with Crippen molar-refractivity contribution in [2.75, 3.05) is 45.2 Å². The Hall–Kier alpha value is -3.12. The van der Waals surface area contributed by atoms with Crippen LogP contribution in [0.1, 0.15) is 27.8 Å². The number of piperazine rings is 1. The fourth-order valence-corrected chi connectivity index (χ4v) is 3.83. The first-order chi connectivity index (χ1) is 14.1. The van der Waals surface area contributed by atoms with E-state index in [-0.39, 0.29) is 11.9 Å². The van der Waals surface area contributed by atoms with E-state index in [0.717, 1.165) is 37.6 Å². The smallest absolute Gasteiger partial charge is 0.254 e. The van der Waals surface area contributed by atoms with Crippen LogP contribution in [0.5, 0.6) is 0 Å². The molecule has 1 fully saturated rings. The van der Waals surface area contributed by atoms with Crippen LogP contribution in [0.2, 0.25) is 0 Å². The maximum atomic E-state index is 13.2. The number of aromatic nitrogens is 2. The average Bonchev–Trinajstić information content (AvgIpc) is 3.29. The van der Waals surface area contributed by atoms with Crippen LogP contribution < -0.4 is 4.90 Å². The predicted molar refractivity (Wildman–Crippen MR) is 115 cm³/mol. The summed E-state index contributed by atoms with van der Waals surface area (Å²) in [6.07, 6.45) is 3.50. The lowest BCUT2D eigenvalue weighted by Crippen LogP contribution is -2.44. The van der Waals surface area contributed by atoms with E-state index in [1.807, 2.05) is 49.5 Å². The first kappa shape index (κ1) is 19.2. The van der Waals surface area contributed by atoms with Crippen LogP contribution in [0.25, 0.3) is 0 Å². The van der Waals surface area contributed by atoms with Crippen LogP contribution in [0, 0.1) is 0 Å². The van der Waals surface area contributed by atoms with Gasteiger partial charge in [0.2, 0.25) is 0 Å². The standard InChI is InChI=1S/C23H27N5O/c1-26-14-16-28(17-15-26)20-10-8-19(9-11-20)23(29)27(2)21(22-24-12-13-25-22)18-6-4-3-5-7-18/h3-13,21H,14-17H2,1-2H3,(H,24,25). The van der Waals surface area contributed by atoms with Crippen LogP contribution in [0.4, 0.5) is 5.69 Å². The van der Waals surface area contributed by atoms with Gasteiger partial charge < -0.3 is 19.7 Å². The highest BCUT2D eigenvalue weighted by Gasteiger charge is 2.26. The van der Waals surface area contributed by atoms with Gasteiger partial charge in [-0.3, -0.25) is 4.79 Å². The fourth-order valence-electron chi connectivity index (χ4n) is 3.83. The van der Waals surface area contributed by atoms with Crippen LogP contribution in [0.3, 0.4) is 0 Å². The fraction of sp³-hybridized carbons (Fsp3) is 0.304. The summed E-state index contributed by atoms with van der Waals surface area (Å²) >= 11 is 0. The van der Waals surface area contributed by atoms with Gasteiger partial charge in [0.1, 0.15) is 11.9 Å². The molecule has 0 aliphatic carbocycles. The minimum atomic E-state index is -0.268. The first-order valence-corrected chi connectivity index (χ1v) is 9.98. The molecule has 1 aromatic heterocycles. The van der Waals surface area contributed by atoms with Crippen LogP contribution >= 0.6 is 0 Å². The Morgan fingerprint density at radius 1 is 1.03 bits per heavy atom. The number of benzene rings is 2. The van der Waals surface area contributed by atoms with Gasteiger partial charge in [0.15, 0.2) is 0 Å². The highest BCUT2D eigenvalue weighted by atomic mass is 16.2. The molecule has 1 unspecified atom stereocenters. The molecule has 1 aliphatic rings. The molecule has 1 N–H and O–H groups in total. The zero-order chi connectivity index (χ0) is 20.2. The molecule has 0 saturated carbocycles. The Kier molecular flexibility index (Phi) is 5.62. The third kappa shape index (κ3) is 4.17. The number of likely N-dealkylation sites (N-methyl/N-ethyl adjacent to an activating group) is 1. The Balaban J connectivity index is 1.54. The van der Waals surface area contributed by atoms with E-state index in [1.165, 1.54) is 5.69 Å². The number of nitrogens with zero attached hydrogens (tertiary/aromatic N) is 4. The van der Waals surface area contributed by atoms with E-state index in [9.17, 15) is 4.79 Å². The summed E-state index contributed by atoms with van der Waals surface area (Å²) in [5.41, 5.74) is 2.87. The highest BCUT2D eigenvalue weighted by molar-refractivity contribution is 5.94. The van der Waals surface area contributed by atoms with E-state index in [2.05, 4.69) is 38.9 Å². The lowest BCUT2D eigenvalue weighted by molar-refractivity contribution is 0.0750. The van der Waals surface area contributed by atoms with E-state index >= 15 is 0 Å². The van der Waals surface area contributed by atoms with Crippen molar-refractivity contribution >= 4 is 11.6 Å². The zero-order valence-electron chi connectivity index (χ0n) is 17.0. The molecule has 2 aromatic carbocycles. The topological polar surface area (TPSA) is 55.5 Å². The summed E-state index contributed by atoms with van der Waals surface area (Å²) in [5, 5.41) is 0. The maximum absolute atomic E-state index is 13.2.